The van der Waals surface area contributed by atoms with Crippen LogP contribution in [0.25, 0.3) is 0 Å². The SMILES string of the molecule is COCCOc1ccc(S(=O)(=O)N(CCO)C2CC2)cc1. The third-order valence-electron chi connectivity index (χ3n) is 3.26. The molecule has 1 aliphatic carbocycles. The molecule has 21 heavy (non-hydrogen) atoms. The van der Waals surface area contributed by atoms with Gasteiger partial charge in [-0.25, -0.2) is 8.42 Å². The molecule has 0 aromatic heterocycles. The molecule has 1 saturated carbocycles. The standard InChI is InChI=1S/C14H21NO5S/c1-19-10-11-20-13-4-6-14(7-5-13)21(17,18)15(8-9-16)12-2-3-12/h4-7,12,16H,2-3,8-11H2,1H3. The summed E-state index contributed by atoms with van der Waals surface area (Å²) in [5.74, 6) is 0.603. The van der Waals surface area contributed by atoms with Crippen molar-refractivity contribution in [3.63, 3.8) is 0 Å². The Labute approximate surface area is 125 Å². The van der Waals surface area contributed by atoms with Crippen LogP contribution in [0.4, 0.5) is 0 Å². The van der Waals surface area contributed by atoms with E-state index in [1.54, 1.807) is 19.2 Å². The number of methoxy groups -OCH3 is 1. The highest BCUT2D eigenvalue weighted by Gasteiger charge is 2.37. The fourth-order valence-electron chi connectivity index (χ4n) is 2.05. The van der Waals surface area contributed by atoms with E-state index in [4.69, 9.17) is 14.6 Å². The Balaban J connectivity index is 2.08. The first-order valence-corrected chi connectivity index (χ1v) is 8.38. The Hall–Kier alpha value is -1.15. The van der Waals surface area contributed by atoms with Crippen LogP contribution in [0.5, 0.6) is 5.75 Å². The van der Waals surface area contributed by atoms with Gasteiger partial charge in [0.25, 0.3) is 0 Å². The fourth-order valence-corrected chi connectivity index (χ4v) is 3.72. The number of aliphatic hydroxyl groups is 1. The highest BCUT2D eigenvalue weighted by molar-refractivity contribution is 7.89. The smallest absolute Gasteiger partial charge is 0.243 e. The second-order valence-corrected chi connectivity index (χ2v) is 6.77. The minimum Gasteiger partial charge on any atom is -0.491 e. The first-order chi connectivity index (χ1) is 10.1. The maximum absolute atomic E-state index is 12.5. The van der Waals surface area contributed by atoms with Crippen LogP contribution in [0.1, 0.15) is 12.8 Å². The Kier molecular flexibility index (Phi) is 5.58. The van der Waals surface area contributed by atoms with Crippen molar-refractivity contribution in [1.29, 1.82) is 0 Å². The van der Waals surface area contributed by atoms with E-state index in [2.05, 4.69) is 0 Å². The quantitative estimate of drug-likeness (QED) is 0.684. The lowest BCUT2D eigenvalue weighted by Gasteiger charge is -2.21. The number of benzene rings is 1. The van der Waals surface area contributed by atoms with Gasteiger partial charge in [0.1, 0.15) is 12.4 Å². The van der Waals surface area contributed by atoms with Gasteiger partial charge in [-0.15, -0.1) is 0 Å². The Morgan fingerprint density at radius 1 is 1.24 bits per heavy atom. The van der Waals surface area contributed by atoms with Crippen molar-refractivity contribution in [2.24, 2.45) is 0 Å². The Bertz CT molecular complexity index is 539. The van der Waals surface area contributed by atoms with Crippen molar-refractivity contribution >= 4 is 10.0 Å². The summed E-state index contributed by atoms with van der Waals surface area (Å²) in [5.41, 5.74) is 0. The van der Waals surface area contributed by atoms with Gasteiger partial charge in [-0.05, 0) is 37.1 Å². The maximum atomic E-state index is 12.5. The van der Waals surface area contributed by atoms with Crippen LogP contribution < -0.4 is 4.74 Å². The Morgan fingerprint density at radius 2 is 1.90 bits per heavy atom. The van der Waals surface area contributed by atoms with Crippen LogP contribution in [-0.4, -0.2) is 57.3 Å². The highest BCUT2D eigenvalue weighted by atomic mass is 32.2. The van der Waals surface area contributed by atoms with Crippen LogP contribution in [0.3, 0.4) is 0 Å². The number of nitrogens with zero attached hydrogens (tertiary/aromatic N) is 1. The molecular formula is C14H21NO5S. The molecule has 0 atom stereocenters. The molecule has 0 unspecified atom stereocenters. The molecule has 7 heteroatoms. The summed E-state index contributed by atoms with van der Waals surface area (Å²) in [5, 5.41) is 9.05. The molecule has 118 valence electrons. The highest BCUT2D eigenvalue weighted by Crippen LogP contribution is 2.32. The van der Waals surface area contributed by atoms with Crippen LogP contribution in [-0.2, 0) is 14.8 Å². The zero-order valence-corrected chi connectivity index (χ0v) is 12.9. The monoisotopic (exact) mass is 315 g/mol. The van der Waals surface area contributed by atoms with Crippen molar-refractivity contribution in [2.45, 2.75) is 23.8 Å². The molecule has 0 aliphatic heterocycles. The summed E-state index contributed by atoms with van der Waals surface area (Å²) >= 11 is 0. The normalized spacial score (nSPS) is 15.4. The van der Waals surface area contributed by atoms with Gasteiger partial charge in [-0.1, -0.05) is 0 Å². The molecule has 1 aromatic carbocycles. The van der Waals surface area contributed by atoms with Crippen LogP contribution in [0, 0.1) is 0 Å². The number of ether oxygens (including phenoxy) is 2. The van der Waals surface area contributed by atoms with Gasteiger partial charge in [-0.2, -0.15) is 4.31 Å². The largest absolute Gasteiger partial charge is 0.491 e. The lowest BCUT2D eigenvalue weighted by molar-refractivity contribution is 0.146. The first kappa shape index (κ1) is 16.2. The van der Waals surface area contributed by atoms with Crippen LogP contribution in [0.2, 0.25) is 0 Å². The first-order valence-electron chi connectivity index (χ1n) is 6.94. The van der Waals surface area contributed by atoms with Crippen LogP contribution in [0.15, 0.2) is 29.2 Å². The molecule has 0 spiro atoms. The molecule has 0 bridgehead atoms. The molecule has 6 nitrogen and oxygen atoms in total. The van der Waals surface area contributed by atoms with E-state index in [1.807, 2.05) is 0 Å². The Morgan fingerprint density at radius 3 is 2.43 bits per heavy atom. The number of hydrogen-bond acceptors (Lipinski definition) is 5. The molecule has 1 N–H and O–H groups in total. The van der Waals surface area contributed by atoms with Gasteiger partial charge in [0.2, 0.25) is 10.0 Å². The molecule has 1 aromatic rings. The number of hydrogen-bond donors (Lipinski definition) is 1. The van der Waals surface area contributed by atoms with E-state index in [0.29, 0.717) is 19.0 Å². The second kappa shape index (κ2) is 7.22. The predicted molar refractivity (Wildman–Crippen MR) is 77.8 cm³/mol. The van der Waals surface area contributed by atoms with E-state index in [9.17, 15) is 8.42 Å². The molecule has 0 amide bonds. The van der Waals surface area contributed by atoms with Crippen molar-refractivity contribution in [2.75, 3.05) is 33.5 Å². The molecule has 2 rings (SSSR count). The average molecular weight is 315 g/mol. The molecule has 1 fully saturated rings. The molecule has 0 heterocycles. The van der Waals surface area contributed by atoms with Gasteiger partial charge in [0.15, 0.2) is 0 Å². The maximum Gasteiger partial charge on any atom is 0.243 e. The second-order valence-electron chi connectivity index (χ2n) is 4.88. The molecule has 1 aliphatic rings. The van der Waals surface area contributed by atoms with Crippen molar-refractivity contribution in [1.82, 2.24) is 4.31 Å². The zero-order chi connectivity index (χ0) is 15.3. The van der Waals surface area contributed by atoms with Gasteiger partial charge in [0, 0.05) is 19.7 Å². The minimum absolute atomic E-state index is 0.0276. The van der Waals surface area contributed by atoms with Gasteiger partial charge in [-0.3, -0.25) is 0 Å². The minimum atomic E-state index is -3.55. The van der Waals surface area contributed by atoms with Gasteiger partial charge < -0.3 is 14.6 Å². The van der Waals surface area contributed by atoms with E-state index in [1.165, 1.54) is 16.4 Å². The number of sulfonamides is 1. The van der Waals surface area contributed by atoms with Crippen molar-refractivity contribution in [3.8, 4) is 5.75 Å². The summed E-state index contributed by atoms with van der Waals surface area (Å²) < 4.78 is 36.7. The summed E-state index contributed by atoms with van der Waals surface area (Å²) in [4.78, 5) is 0.224. The third-order valence-corrected chi connectivity index (χ3v) is 5.23. The lowest BCUT2D eigenvalue weighted by atomic mass is 10.3. The third kappa shape index (κ3) is 4.16. The summed E-state index contributed by atoms with van der Waals surface area (Å²) in [6, 6.07) is 6.35. The van der Waals surface area contributed by atoms with E-state index in [-0.39, 0.29) is 24.1 Å². The predicted octanol–water partition coefficient (Wildman–Crippen LogP) is 0.857. The van der Waals surface area contributed by atoms with Crippen LogP contribution >= 0.6 is 0 Å². The lowest BCUT2D eigenvalue weighted by Crippen LogP contribution is -2.35. The van der Waals surface area contributed by atoms with E-state index >= 15 is 0 Å². The van der Waals surface area contributed by atoms with E-state index in [0.717, 1.165) is 12.8 Å². The zero-order valence-electron chi connectivity index (χ0n) is 12.1. The molecular weight excluding hydrogens is 294 g/mol. The fraction of sp³-hybridized carbons (Fsp3) is 0.571. The van der Waals surface area contributed by atoms with Crippen molar-refractivity contribution < 1.29 is 23.0 Å². The van der Waals surface area contributed by atoms with E-state index < -0.39 is 10.0 Å². The summed E-state index contributed by atoms with van der Waals surface area (Å²) in [6.07, 6.45) is 1.72. The summed E-state index contributed by atoms with van der Waals surface area (Å²) in [6.45, 7) is 0.861. The van der Waals surface area contributed by atoms with Crippen molar-refractivity contribution in [3.05, 3.63) is 24.3 Å². The van der Waals surface area contributed by atoms with Gasteiger partial charge in [0.05, 0.1) is 18.1 Å². The number of rotatable bonds is 9. The van der Waals surface area contributed by atoms with Gasteiger partial charge >= 0.3 is 0 Å². The molecule has 0 saturated heterocycles. The number of aliphatic hydroxyl groups excluding tert-OH is 1. The molecule has 0 radical (unpaired) electrons. The topological polar surface area (TPSA) is 76.1 Å². The summed E-state index contributed by atoms with van der Waals surface area (Å²) in [7, 11) is -1.96. The average Bonchev–Trinajstić information content (AvgIpc) is 3.30.